The minimum absolute atomic E-state index is 0.0922. The zero-order valence-electron chi connectivity index (χ0n) is 9.73. The summed E-state index contributed by atoms with van der Waals surface area (Å²) in [6.45, 7) is 3.40. The van der Waals surface area contributed by atoms with Crippen LogP contribution in [0.5, 0.6) is 11.5 Å². The Balaban J connectivity index is 3.03. The SMILES string of the molecule is CC(C)Oc1ccc(OC(F)(F)F)cc1B(O)O. The highest BCUT2D eigenvalue weighted by atomic mass is 19.4. The van der Waals surface area contributed by atoms with Crippen molar-refractivity contribution in [2.45, 2.75) is 26.3 Å². The first kappa shape index (κ1) is 14.7. The standard InChI is InChI=1S/C10H12BF3O4/c1-6(2)17-9-4-3-7(18-10(12,13)14)5-8(9)11(15)16/h3-6,15-16H,1-2H3. The van der Waals surface area contributed by atoms with Crippen LogP contribution in [0.1, 0.15) is 13.8 Å². The second-order valence-corrected chi connectivity index (χ2v) is 3.79. The minimum atomic E-state index is -4.84. The van der Waals surface area contributed by atoms with Gasteiger partial charge in [-0.05, 0) is 32.0 Å². The van der Waals surface area contributed by atoms with E-state index in [1.807, 2.05) is 0 Å². The average Bonchev–Trinajstić information content (AvgIpc) is 2.17. The first-order chi connectivity index (χ1) is 8.19. The van der Waals surface area contributed by atoms with Gasteiger partial charge in [-0.25, -0.2) is 0 Å². The van der Waals surface area contributed by atoms with E-state index >= 15 is 0 Å². The Kier molecular flexibility index (Phi) is 4.47. The van der Waals surface area contributed by atoms with Gasteiger partial charge in [-0.2, -0.15) is 0 Å². The van der Waals surface area contributed by atoms with Crippen LogP contribution >= 0.6 is 0 Å². The quantitative estimate of drug-likeness (QED) is 0.798. The smallest absolute Gasteiger partial charge is 0.491 e. The minimum Gasteiger partial charge on any atom is -0.491 e. The van der Waals surface area contributed by atoms with Gasteiger partial charge in [0, 0.05) is 5.46 Å². The zero-order valence-corrected chi connectivity index (χ0v) is 9.73. The van der Waals surface area contributed by atoms with Crippen LogP contribution in [0.4, 0.5) is 13.2 Å². The summed E-state index contributed by atoms with van der Waals surface area (Å²) < 4.78 is 44.9. The lowest BCUT2D eigenvalue weighted by atomic mass is 9.79. The van der Waals surface area contributed by atoms with E-state index < -0.39 is 19.2 Å². The summed E-state index contributed by atoms with van der Waals surface area (Å²) in [5, 5.41) is 18.2. The number of ether oxygens (including phenoxy) is 2. The number of hydrogen-bond donors (Lipinski definition) is 2. The molecule has 1 rings (SSSR count). The third-order valence-electron chi connectivity index (χ3n) is 1.86. The van der Waals surface area contributed by atoms with E-state index in [4.69, 9.17) is 14.8 Å². The van der Waals surface area contributed by atoms with E-state index in [2.05, 4.69) is 4.74 Å². The van der Waals surface area contributed by atoms with Gasteiger partial charge in [-0.15, -0.1) is 13.2 Å². The molecule has 18 heavy (non-hydrogen) atoms. The van der Waals surface area contributed by atoms with Crippen molar-refractivity contribution < 1.29 is 32.7 Å². The van der Waals surface area contributed by atoms with Gasteiger partial charge < -0.3 is 19.5 Å². The number of hydrogen-bond acceptors (Lipinski definition) is 4. The van der Waals surface area contributed by atoms with E-state index in [0.717, 1.165) is 12.1 Å². The zero-order chi connectivity index (χ0) is 13.9. The molecule has 8 heteroatoms. The maximum absolute atomic E-state index is 12.0. The number of halogens is 3. The molecule has 0 aliphatic heterocycles. The third kappa shape index (κ3) is 4.46. The topological polar surface area (TPSA) is 58.9 Å². The first-order valence-corrected chi connectivity index (χ1v) is 5.11. The van der Waals surface area contributed by atoms with Gasteiger partial charge in [0.25, 0.3) is 0 Å². The van der Waals surface area contributed by atoms with Gasteiger partial charge in [-0.1, -0.05) is 0 Å². The van der Waals surface area contributed by atoms with Crippen molar-refractivity contribution in [3.63, 3.8) is 0 Å². The van der Waals surface area contributed by atoms with Crippen molar-refractivity contribution in [2.24, 2.45) is 0 Å². The molecular weight excluding hydrogens is 252 g/mol. The molecule has 0 fully saturated rings. The summed E-state index contributed by atoms with van der Waals surface area (Å²) in [6.07, 6.45) is -5.09. The maximum atomic E-state index is 12.0. The van der Waals surface area contributed by atoms with E-state index in [-0.39, 0.29) is 17.3 Å². The summed E-state index contributed by atoms with van der Waals surface area (Å²) in [5.41, 5.74) is -0.189. The maximum Gasteiger partial charge on any atom is 0.573 e. The average molecular weight is 264 g/mol. The van der Waals surface area contributed by atoms with Crippen LogP contribution in [-0.4, -0.2) is 29.6 Å². The van der Waals surface area contributed by atoms with Gasteiger partial charge in [0.2, 0.25) is 0 Å². The van der Waals surface area contributed by atoms with Gasteiger partial charge >= 0.3 is 13.5 Å². The molecule has 0 bridgehead atoms. The van der Waals surface area contributed by atoms with E-state index in [0.29, 0.717) is 0 Å². The molecule has 100 valence electrons. The third-order valence-corrected chi connectivity index (χ3v) is 1.86. The highest BCUT2D eigenvalue weighted by Gasteiger charge is 2.32. The summed E-state index contributed by atoms with van der Waals surface area (Å²) in [4.78, 5) is 0. The molecule has 1 aromatic carbocycles. The van der Waals surface area contributed by atoms with Crippen LogP contribution in [-0.2, 0) is 0 Å². The summed E-state index contributed by atoms with van der Waals surface area (Å²) >= 11 is 0. The number of benzene rings is 1. The summed E-state index contributed by atoms with van der Waals surface area (Å²) in [5.74, 6) is -0.448. The predicted molar refractivity (Wildman–Crippen MR) is 58.7 cm³/mol. The molecule has 0 aliphatic carbocycles. The van der Waals surface area contributed by atoms with E-state index in [1.165, 1.54) is 6.07 Å². The Morgan fingerprint density at radius 1 is 1.22 bits per heavy atom. The highest BCUT2D eigenvalue weighted by molar-refractivity contribution is 6.59. The van der Waals surface area contributed by atoms with Crippen LogP contribution in [0.3, 0.4) is 0 Å². The molecule has 0 heterocycles. The fraction of sp³-hybridized carbons (Fsp3) is 0.400. The lowest BCUT2D eigenvalue weighted by molar-refractivity contribution is -0.274. The normalized spacial score (nSPS) is 11.6. The summed E-state index contributed by atoms with van der Waals surface area (Å²) in [6, 6.07) is 3.10. The van der Waals surface area contributed by atoms with Crippen molar-refractivity contribution in [3.8, 4) is 11.5 Å². The second-order valence-electron chi connectivity index (χ2n) is 3.79. The van der Waals surface area contributed by atoms with Crippen molar-refractivity contribution in [2.75, 3.05) is 0 Å². The Hall–Kier alpha value is -1.41. The van der Waals surface area contributed by atoms with Crippen molar-refractivity contribution in [1.29, 1.82) is 0 Å². The van der Waals surface area contributed by atoms with Crippen LogP contribution < -0.4 is 14.9 Å². The number of rotatable bonds is 4. The van der Waals surface area contributed by atoms with Crippen LogP contribution in [0.2, 0.25) is 0 Å². The van der Waals surface area contributed by atoms with E-state index in [9.17, 15) is 13.2 Å². The Bertz CT molecular complexity index is 407. The van der Waals surface area contributed by atoms with Crippen molar-refractivity contribution in [3.05, 3.63) is 18.2 Å². The fourth-order valence-corrected chi connectivity index (χ4v) is 1.29. The Labute approximate surface area is 102 Å². The molecule has 0 aliphatic rings. The molecule has 0 radical (unpaired) electrons. The lowest BCUT2D eigenvalue weighted by Gasteiger charge is -2.16. The largest absolute Gasteiger partial charge is 0.573 e. The van der Waals surface area contributed by atoms with Crippen LogP contribution in [0.15, 0.2) is 18.2 Å². The Morgan fingerprint density at radius 3 is 2.28 bits per heavy atom. The number of alkyl halides is 3. The molecule has 0 amide bonds. The second kappa shape index (κ2) is 5.49. The molecule has 0 aromatic heterocycles. The molecule has 0 spiro atoms. The molecule has 0 unspecified atom stereocenters. The Morgan fingerprint density at radius 2 is 1.83 bits per heavy atom. The monoisotopic (exact) mass is 264 g/mol. The molecule has 1 aromatic rings. The van der Waals surface area contributed by atoms with Crippen LogP contribution in [0, 0.1) is 0 Å². The first-order valence-electron chi connectivity index (χ1n) is 5.11. The van der Waals surface area contributed by atoms with Crippen LogP contribution in [0.25, 0.3) is 0 Å². The molecule has 0 saturated carbocycles. The fourth-order valence-electron chi connectivity index (χ4n) is 1.29. The van der Waals surface area contributed by atoms with Gasteiger partial charge in [-0.3, -0.25) is 0 Å². The predicted octanol–water partition coefficient (Wildman–Crippen LogP) is 1.05. The van der Waals surface area contributed by atoms with Crippen molar-refractivity contribution in [1.82, 2.24) is 0 Å². The lowest BCUT2D eigenvalue weighted by Crippen LogP contribution is -2.32. The molecular formula is C10H12BF3O4. The summed E-state index contributed by atoms with van der Waals surface area (Å²) in [7, 11) is -1.95. The van der Waals surface area contributed by atoms with E-state index in [1.54, 1.807) is 13.8 Å². The van der Waals surface area contributed by atoms with Gasteiger partial charge in [0.15, 0.2) is 0 Å². The van der Waals surface area contributed by atoms with Gasteiger partial charge in [0.1, 0.15) is 11.5 Å². The molecule has 0 atom stereocenters. The molecule has 2 N–H and O–H groups in total. The van der Waals surface area contributed by atoms with Crippen molar-refractivity contribution >= 4 is 12.6 Å². The van der Waals surface area contributed by atoms with Gasteiger partial charge in [0.05, 0.1) is 6.10 Å². The molecule has 4 nitrogen and oxygen atoms in total. The molecule has 0 saturated heterocycles. The highest BCUT2D eigenvalue weighted by Crippen LogP contribution is 2.24.